The number of benzene rings is 1. The molecule has 1 aliphatic carbocycles. The Morgan fingerprint density at radius 1 is 1.13 bits per heavy atom. The van der Waals surface area contributed by atoms with E-state index in [1.807, 2.05) is 13.0 Å². The van der Waals surface area contributed by atoms with E-state index in [1.54, 1.807) is 18.2 Å². The number of hydrogen-bond acceptors (Lipinski definition) is 4. The summed E-state index contributed by atoms with van der Waals surface area (Å²) >= 11 is 0. The zero-order chi connectivity index (χ0) is 22.1. The van der Waals surface area contributed by atoms with Crippen molar-refractivity contribution in [1.82, 2.24) is 5.32 Å². The van der Waals surface area contributed by atoms with Crippen LogP contribution in [0.5, 0.6) is 0 Å². The van der Waals surface area contributed by atoms with Gasteiger partial charge >= 0.3 is 6.18 Å². The quantitative estimate of drug-likeness (QED) is 0.728. The van der Waals surface area contributed by atoms with Crippen molar-refractivity contribution in [3.8, 4) is 0 Å². The van der Waals surface area contributed by atoms with Crippen LogP contribution in [0, 0.1) is 19.8 Å². The highest BCUT2D eigenvalue weighted by Crippen LogP contribution is 2.34. The lowest BCUT2D eigenvalue weighted by molar-refractivity contribution is -0.153. The fourth-order valence-corrected chi connectivity index (χ4v) is 5.64. The van der Waals surface area contributed by atoms with Gasteiger partial charge in [0.2, 0.25) is 5.76 Å². The highest BCUT2D eigenvalue weighted by atomic mass is 32.2. The molecular formula is C21H24F3NO4S. The first-order chi connectivity index (χ1) is 14.0. The van der Waals surface area contributed by atoms with Gasteiger partial charge in [-0.25, -0.2) is 8.42 Å². The first-order valence-electron chi connectivity index (χ1n) is 9.73. The van der Waals surface area contributed by atoms with Gasteiger partial charge in [-0.1, -0.05) is 12.1 Å². The Morgan fingerprint density at radius 2 is 1.80 bits per heavy atom. The van der Waals surface area contributed by atoms with Crippen LogP contribution in [0.4, 0.5) is 13.2 Å². The van der Waals surface area contributed by atoms with E-state index in [1.165, 1.54) is 6.92 Å². The maximum Gasteiger partial charge on any atom is 0.450 e. The molecule has 1 saturated carbocycles. The molecule has 2 aromatic rings. The lowest BCUT2D eigenvalue weighted by atomic mass is 9.87. The molecule has 9 heteroatoms. The van der Waals surface area contributed by atoms with Gasteiger partial charge in [-0.15, -0.1) is 0 Å². The number of halogens is 3. The number of sulfone groups is 1. The number of hydrogen-bond donors (Lipinski definition) is 1. The van der Waals surface area contributed by atoms with Gasteiger partial charge in [0.25, 0.3) is 5.91 Å². The van der Waals surface area contributed by atoms with E-state index in [0.717, 1.165) is 11.6 Å². The Labute approximate surface area is 173 Å². The molecule has 0 unspecified atom stereocenters. The summed E-state index contributed by atoms with van der Waals surface area (Å²) < 4.78 is 69.1. The van der Waals surface area contributed by atoms with E-state index in [-0.39, 0.29) is 23.5 Å². The molecule has 1 heterocycles. The lowest BCUT2D eigenvalue weighted by Crippen LogP contribution is -2.39. The largest absolute Gasteiger partial charge is 0.456 e. The number of aryl methyl sites for hydroxylation is 2. The average molecular weight is 443 g/mol. The molecule has 1 N–H and O–H groups in total. The maximum atomic E-state index is 13.0. The molecule has 0 aliphatic heterocycles. The predicted octanol–water partition coefficient (Wildman–Crippen LogP) is 4.68. The van der Waals surface area contributed by atoms with Gasteiger partial charge in [0.15, 0.2) is 9.84 Å². The molecule has 1 aromatic heterocycles. The number of carbonyl (C=O) groups is 1. The summed E-state index contributed by atoms with van der Waals surface area (Å²) in [6, 6.07) is 7.55. The molecule has 0 spiro atoms. The van der Waals surface area contributed by atoms with Crippen LogP contribution in [0.1, 0.15) is 53.1 Å². The summed E-state index contributed by atoms with van der Waals surface area (Å²) in [5.74, 6) is -2.13. The summed E-state index contributed by atoms with van der Waals surface area (Å²) in [5.41, 5.74) is 0.347. The van der Waals surface area contributed by atoms with E-state index in [2.05, 4.69) is 9.73 Å². The van der Waals surface area contributed by atoms with Crippen molar-refractivity contribution in [2.24, 2.45) is 5.92 Å². The summed E-state index contributed by atoms with van der Waals surface area (Å²) in [6.45, 7) is 3.19. The molecule has 1 fully saturated rings. The molecule has 0 saturated heterocycles. The van der Waals surface area contributed by atoms with Crippen molar-refractivity contribution in [2.45, 2.75) is 56.6 Å². The van der Waals surface area contributed by atoms with Crippen molar-refractivity contribution in [3.05, 3.63) is 53.0 Å². The third kappa shape index (κ3) is 5.24. The van der Waals surface area contributed by atoms with Crippen molar-refractivity contribution >= 4 is 15.7 Å². The van der Waals surface area contributed by atoms with Gasteiger partial charge in [-0.3, -0.25) is 4.79 Å². The molecule has 0 bridgehead atoms. The summed E-state index contributed by atoms with van der Waals surface area (Å²) in [6.07, 6.45) is -2.57. The molecule has 30 heavy (non-hydrogen) atoms. The van der Waals surface area contributed by atoms with Crippen molar-refractivity contribution in [3.63, 3.8) is 0 Å². The maximum absolute atomic E-state index is 13.0. The minimum Gasteiger partial charge on any atom is -0.456 e. The fraction of sp³-hybridized carbons (Fsp3) is 0.476. The Balaban J connectivity index is 1.58. The minimum atomic E-state index is -4.75. The molecule has 3 rings (SSSR count). The number of alkyl halides is 3. The SMILES string of the molecule is Cc1cccc(S(=O)(=O)CC2CCC(NC(=O)c3cc(C)oc3C(F)(F)F)CC2)c1. The van der Waals surface area contributed by atoms with Gasteiger partial charge < -0.3 is 9.73 Å². The standard InChI is InChI=1S/C21H24F3NO4S/c1-13-4-3-5-17(10-13)30(27,28)12-15-6-8-16(9-7-15)25-20(26)18-11-14(2)29-19(18)21(22,23)24/h3-5,10-11,15-16H,6-9,12H2,1-2H3,(H,25,26). The first-order valence-corrected chi connectivity index (χ1v) is 11.4. The predicted molar refractivity (Wildman–Crippen MR) is 105 cm³/mol. The monoisotopic (exact) mass is 443 g/mol. The van der Waals surface area contributed by atoms with E-state index >= 15 is 0 Å². The van der Waals surface area contributed by atoms with E-state index in [4.69, 9.17) is 0 Å². The zero-order valence-electron chi connectivity index (χ0n) is 16.8. The summed E-state index contributed by atoms with van der Waals surface area (Å²) in [7, 11) is -3.41. The topological polar surface area (TPSA) is 76.4 Å². The second-order valence-electron chi connectivity index (χ2n) is 7.89. The Hall–Kier alpha value is -2.29. The van der Waals surface area contributed by atoms with Gasteiger partial charge in [0, 0.05) is 6.04 Å². The van der Waals surface area contributed by atoms with Crippen LogP contribution in [0.25, 0.3) is 0 Å². The highest BCUT2D eigenvalue weighted by molar-refractivity contribution is 7.91. The molecule has 1 amide bonds. The van der Waals surface area contributed by atoms with Gasteiger partial charge in [0.05, 0.1) is 16.2 Å². The average Bonchev–Trinajstić information content (AvgIpc) is 3.06. The normalized spacial score (nSPS) is 20.2. The molecule has 164 valence electrons. The number of furan rings is 1. The fourth-order valence-electron chi connectivity index (χ4n) is 3.85. The van der Waals surface area contributed by atoms with Crippen LogP contribution < -0.4 is 5.32 Å². The van der Waals surface area contributed by atoms with E-state index < -0.39 is 33.2 Å². The Morgan fingerprint density at radius 3 is 2.40 bits per heavy atom. The molecule has 5 nitrogen and oxygen atoms in total. The number of rotatable bonds is 5. The Bertz CT molecular complexity index is 1020. The van der Waals surface area contributed by atoms with Crippen LogP contribution in [0.3, 0.4) is 0 Å². The lowest BCUT2D eigenvalue weighted by Gasteiger charge is -2.29. The molecule has 1 aliphatic rings. The van der Waals surface area contributed by atoms with Crippen LogP contribution >= 0.6 is 0 Å². The van der Waals surface area contributed by atoms with Crippen LogP contribution in [0.2, 0.25) is 0 Å². The highest BCUT2D eigenvalue weighted by Gasteiger charge is 2.40. The van der Waals surface area contributed by atoms with Gasteiger partial charge in [0.1, 0.15) is 5.76 Å². The molecule has 0 atom stereocenters. The Kier molecular flexibility index (Phi) is 6.31. The third-order valence-corrected chi connectivity index (χ3v) is 7.23. The zero-order valence-corrected chi connectivity index (χ0v) is 17.6. The summed E-state index contributed by atoms with van der Waals surface area (Å²) in [4.78, 5) is 12.7. The number of amides is 1. The third-order valence-electron chi connectivity index (χ3n) is 5.34. The minimum absolute atomic E-state index is 0.0116. The van der Waals surface area contributed by atoms with Gasteiger partial charge in [-0.2, -0.15) is 13.2 Å². The van der Waals surface area contributed by atoms with Crippen molar-refractivity contribution in [1.29, 1.82) is 0 Å². The van der Waals surface area contributed by atoms with Crippen molar-refractivity contribution < 1.29 is 30.8 Å². The second-order valence-corrected chi connectivity index (χ2v) is 9.92. The molecule has 0 radical (unpaired) electrons. The molecular weight excluding hydrogens is 419 g/mol. The van der Waals surface area contributed by atoms with Crippen molar-refractivity contribution in [2.75, 3.05) is 5.75 Å². The van der Waals surface area contributed by atoms with Crippen LogP contribution in [0.15, 0.2) is 39.6 Å². The van der Waals surface area contributed by atoms with E-state index in [0.29, 0.717) is 30.6 Å². The second kappa shape index (κ2) is 8.45. The van der Waals surface area contributed by atoms with Crippen LogP contribution in [-0.4, -0.2) is 26.1 Å². The van der Waals surface area contributed by atoms with E-state index in [9.17, 15) is 26.4 Å². The smallest absolute Gasteiger partial charge is 0.450 e. The molecule has 1 aromatic carbocycles. The summed E-state index contributed by atoms with van der Waals surface area (Å²) in [5, 5.41) is 2.64. The van der Waals surface area contributed by atoms with Crippen LogP contribution in [-0.2, 0) is 16.0 Å². The first kappa shape index (κ1) is 22.4. The number of carbonyl (C=O) groups excluding carboxylic acids is 1. The number of nitrogens with one attached hydrogen (secondary N) is 1. The van der Waals surface area contributed by atoms with Gasteiger partial charge in [-0.05, 0) is 69.2 Å².